The largest absolute Gasteiger partial charge is 0.507 e. The molecule has 0 bridgehead atoms. The summed E-state index contributed by atoms with van der Waals surface area (Å²) in [5, 5.41) is 22.2. The van der Waals surface area contributed by atoms with Gasteiger partial charge in [0.2, 0.25) is 5.91 Å². The SMILES string of the molecule is CN(c1ccc(Cl)cc1)c1ccc(O)c(-c2ccc(CNC(=O)CC#N)c(N)n2)c1. The van der Waals surface area contributed by atoms with Crippen LogP contribution in [0.4, 0.5) is 17.2 Å². The summed E-state index contributed by atoms with van der Waals surface area (Å²) in [7, 11) is 1.91. The second kappa shape index (κ2) is 9.16. The van der Waals surface area contributed by atoms with Crippen molar-refractivity contribution in [1.29, 1.82) is 5.26 Å². The van der Waals surface area contributed by atoms with E-state index in [2.05, 4.69) is 10.3 Å². The fourth-order valence-corrected chi connectivity index (χ4v) is 3.01. The predicted octanol–water partition coefficient (Wildman–Crippen LogP) is 3.99. The molecule has 0 saturated carbocycles. The number of carbonyl (C=O) groups is 1. The molecule has 2 aromatic carbocycles. The molecule has 3 aromatic rings. The summed E-state index contributed by atoms with van der Waals surface area (Å²) >= 11 is 5.96. The van der Waals surface area contributed by atoms with Gasteiger partial charge in [0.05, 0.1) is 11.8 Å². The molecular weight excluding hydrogens is 402 g/mol. The van der Waals surface area contributed by atoms with Crippen LogP contribution in [0.2, 0.25) is 5.02 Å². The molecule has 0 spiro atoms. The molecule has 3 rings (SSSR count). The Morgan fingerprint density at radius 3 is 2.57 bits per heavy atom. The van der Waals surface area contributed by atoms with Gasteiger partial charge in [0, 0.05) is 41.1 Å². The van der Waals surface area contributed by atoms with Crippen molar-refractivity contribution in [2.75, 3.05) is 17.7 Å². The van der Waals surface area contributed by atoms with Crippen LogP contribution in [0.25, 0.3) is 11.3 Å². The van der Waals surface area contributed by atoms with Crippen molar-refractivity contribution in [2.45, 2.75) is 13.0 Å². The fraction of sp³-hybridized carbons (Fsp3) is 0.136. The Kier molecular flexibility index (Phi) is 6.40. The van der Waals surface area contributed by atoms with E-state index in [1.807, 2.05) is 42.3 Å². The van der Waals surface area contributed by atoms with Crippen LogP contribution < -0.4 is 16.0 Å². The highest BCUT2D eigenvalue weighted by atomic mass is 35.5. The summed E-state index contributed by atoms with van der Waals surface area (Å²) in [4.78, 5) is 17.8. The molecule has 0 aliphatic carbocycles. The molecule has 0 saturated heterocycles. The first-order chi connectivity index (χ1) is 14.4. The second-order valence-corrected chi connectivity index (χ2v) is 7.03. The van der Waals surface area contributed by atoms with E-state index in [0.717, 1.165) is 11.4 Å². The normalized spacial score (nSPS) is 10.3. The molecule has 0 unspecified atom stereocenters. The lowest BCUT2D eigenvalue weighted by Gasteiger charge is -2.21. The van der Waals surface area contributed by atoms with Gasteiger partial charge in [-0.25, -0.2) is 4.98 Å². The van der Waals surface area contributed by atoms with Gasteiger partial charge in [-0.2, -0.15) is 5.26 Å². The number of nitrogens with one attached hydrogen (secondary N) is 1. The van der Waals surface area contributed by atoms with Gasteiger partial charge in [0.1, 0.15) is 18.0 Å². The van der Waals surface area contributed by atoms with Gasteiger partial charge in [-0.3, -0.25) is 4.79 Å². The number of benzene rings is 2. The third-order valence-electron chi connectivity index (χ3n) is 4.59. The Balaban J connectivity index is 1.86. The molecule has 0 atom stereocenters. The summed E-state index contributed by atoms with van der Waals surface area (Å²) < 4.78 is 0. The van der Waals surface area contributed by atoms with E-state index >= 15 is 0 Å². The van der Waals surface area contributed by atoms with Crippen molar-refractivity contribution >= 4 is 34.7 Å². The lowest BCUT2D eigenvalue weighted by Crippen LogP contribution is -2.22. The Hall–Kier alpha value is -3.76. The minimum Gasteiger partial charge on any atom is -0.507 e. The number of rotatable bonds is 6. The first-order valence-electron chi connectivity index (χ1n) is 9.10. The number of nitriles is 1. The van der Waals surface area contributed by atoms with Gasteiger partial charge in [-0.1, -0.05) is 17.7 Å². The zero-order valence-electron chi connectivity index (χ0n) is 16.3. The predicted molar refractivity (Wildman–Crippen MR) is 117 cm³/mol. The highest BCUT2D eigenvalue weighted by Gasteiger charge is 2.13. The highest BCUT2D eigenvalue weighted by Crippen LogP contribution is 2.34. The number of halogens is 1. The van der Waals surface area contributed by atoms with Gasteiger partial charge in [-0.15, -0.1) is 0 Å². The lowest BCUT2D eigenvalue weighted by molar-refractivity contribution is -0.120. The Morgan fingerprint density at radius 2 is 1.90 bits per heavy atom. The quantitative estimate of drug-likeness (QED) is 0.554. The number of amides is 1. The first-order valence-corrected chi connectivity index (χ1v) is 9.48. The zero-order chi connectivity index (χ0) is 21.7. The van der Waals surface area contributed by atoms with Gasteiger partial charge in [0.25, 0.3) is 0 Å². The summed E-state index contributed by atoms with van der Waals surface area (Å²) in [5.74, 6) is -0.0672. The monoisotopic (exact) mass is 421 g/mol. The average molecular weight is 422 g/mol. The molecular formula is C22H20ClN5O2. The standard InChI is InChI=1S/C22H20ClN5O2/c1-28(16-5-3-15(23)4-6-16)17-7-9-20(29)18(12-17)19-8-2-14(22(25)27-19)13-26-21(30)10-11-24/h2-9,12,29H,10,13H2,1H3,(H2,25,27)(H,26,30). The van der Waals surface area contributed by atoms with E-state index < -0.39 is 0 Å². The number of carbonyl (C=O) groups excluding carboxylic acids is 1. The summed E-state index contributed by atoms with van der Waals surface area (Å²) in [6, 6.07) is 17.9. The van der Waals surface area contributed by atoms with Gasteiger partial charge in [-0.05, 0) is 48.5 Å². The molecule has 1 heterocycles. The van der Waals surface area contributed by atoms with Crippen LogP contribution in [0, 0.1) is 11.3 Å². The number of nitrogen functional groups attached to an aromatic ring is 1. The first kappa shape index (κ1) is 21.0. The third kappa shape index (κ3) is 4.80. The summed E-state index contributed by atoms with van der Waals surface area (Å²) in [5.41, 5.74) is 9.48. The number of pyridine rings is 1. The number of hydrogen-bond acceptors (Lipinski definition) is 6. The van der Waals surface area contributed by atoms with Crippen molar-refractivity contribution in [1.82, 2.24) is 10.3 Å². The number of hydrogen-bond donors (Lipinski definition) is 3. The second-order valence-electron chi connectivity index (χ2n) is 6.59. The van der Waals surface area contributed by atoms with Crippen LogP contribution in [0.3, 0.4) is 0 Å². The van der Waals surface area contributed by atoms with Gasteiger partial charge < -0.3 is 21.1 Å². The van der Waals surface area contributed by atoms with E-state index in [9.17, 15) is 9.90 Å². The van der Waals surface area contributed by atoms with E-state index in [4.69, 9.17) is 22.6 Å². The van der Waals surface area contributed by atoms with Gasteiger partial charge in [0.15, 0.2) is 0 Å². The maximum absolute atomic E-state index is 11.5. The van der Waals surface area contributed by atoms with Crippen molar-refractivity contribution in [3.63, 3.8) is 0 Å². The van der Waals surface area contributed by atoms with Crippen LogP contribution in [0.1, 0.15) is 12.0 Å². The Morgan fingerprint density at radius 1 is 1.20 bits per heavy atom. The number of phenols is 1. The number of nitrogens with two attached hydrogens (primary N) is 1. The van der Waals surface area contributed by atoms with Crippen LogP contribution in [-0.2, 0) is 11.3 Å². The lowest BCUT2D eigenvalue weighted by atomic mass is 10.1. The van der Waals surface area contributed by atoms with E-state index in [0.29, 0.717) is 21.8 Å². The van der Waals surface area contributed by atoms with E-state index in [1.165, 1.54) is 0 Å². The number of nitrogens with zero attached hydrogens (tertiary/aromatic N) is 3. The maximum atomic E-state index is 11.5. The molecule has 30 heavy (non-hydrogen) atoms. The van der Waals surface area contributed by atoms with Crippen LogP contribution in [-0.4, -0.2) is 23.0 Å². The molecule has 0 fully saturated rings. The molecule has 0 radical (unpaired) electrons. The number of aromatic nitrogens is 1. The highest BCUT2D eigenvalue weighted by molar-refractivity contribution is 6.30. The molecule has 0 aliphatic rings. The summed E-state index contributed by atoms with van der Waals surface area (Å²) in [6.45, 7) is 0.172. The Bertz CT molecular complexity index is 1110. The van der Waals surface area contributed by atoms with Crippen LogP contribution in [0.5, 0.6) is 5.75 Å². The topological polar surface area (TPSA) is 115 Å². The molecule has 1 amide bonds. The number of phenolic OH excluding ortho intramolecular Hbond substituents is 1. The molecule has 7 nitrogen and oxygen atoms in total. The molecule has 4 N–H and O–H groups in total. The number of aromatic hydroxyl groups is 1. The third-order valence-corrected chi connectivity index (χ3v) is 4.84. The smallest absolute Gasteiger partial charge is 0.234 e. The zero-order valence-corrected chi connectivity index (χ0v) is 17.0. The van der Waals surface area contributed by atoms with E-state index in [-0.39, 0.29) is 30.4 Å². The molecule has 0 aliphatic heterocycles. The summed E-state index contributed by atoms with van der Waals surface area (Å²) in [6.07, 6.45) is -0.215. The van der Waals surface area contributed by atoms with Crippen LogP contribution >= 0.6 is 11.6 Å². The maximum Gasteiger partial charge on any atom is 0.234 e. The van der Waals surface area contributed by atoms with Crippen molar-refractivity contribution in [3.05, 3.63) is 65.2 Å². The molecule has 152 valence electrons. The van der Waals surface area contributed by atoms with Crippen molar-refractivity contribution in [3.8, 4) is 23.1 Å². The minimum atomic E-state index is -0.378. The molecule has 1 aromatic heterocycles. The van der Waals surface area contributed by atoms with Gasteiger partial charge >= 0.3 is 0 Å². The Labute approximate surface area is 179 Å². The molecule has 8 heteroatoms. The number of anilines is 3. The van der Waals surface area contributed by atoms with Crippen molar-refractivity contribution < 1.29 is 9.90 Å². The average Bonchev–Trinajstić information content (AvgIpc) is 2.73. The van der Waals surface area contributed by atoms with Crippen molar-refractivity contribution in [2.24, 2.45) is 0 Å². The van der Waals surface area contributed by atoms with Crippen LogP contribution in [0.15, 0.2) is 54.6 Å². The fourth-order valence-electron chi connectivity index (χ4n) is 2.88. The van der Waals surface area contributed by atoms with E-state index in [1.54, 1.807) is 30.3 Å². The minimum absolute atomic E-state index is 0.0743.